The first kappa shape index (κ1) is 60.4. The molecule has 0 fully saturated rings. The Morgan fingerprint density at radius 3 is 0.984 bits per heavy atom. The SMILES string of the molecule is CCCCCCCC/C=C\CCCCCCCCCCCC(=O)OCC(COCCCCCCCCCC)OC(=O)CCCCCCCCCCC/C=C\CCCCCCCC. The van der Waals surface area contributed by atoms with Crippen LogP contribution in [0.15, 0.2) is 24.3 Å². The van der Waals surface area contributed by atoms with Crippen molar-refractivity contribution in [1.82, 2.24) is 0 Å². The van der Waals surface area contributed by atoms with Crippen molar-refractivity contribution in [3.63, 3.8) is 0 Å². The molecule has 5 nitrogen and oxygen atoms in total. The van der Waals surface area contributed by atoms with E-state index in [0.29, 0.717) is 26.1 Å². The number of esters is 2. The standard InChI is InChI=1S/C57H108O5/c1-4-7-10-13-16-19-21-23-25-27-29-31-33-35-37-39-41-44-47-50-56(58)61-54-55(53-60-52-49-46-43-18-15-12-9-6-3)62-57(59)51-48-45-42-40-38-36-34-32-30-28-26-24-22-20-17-14-11-8-5-2/h23-26,55H,4-22,27-54H2,1-3H3/b25-23-,26-24-. The molecule has 0 radical (unpaired) electrons. The van der Waals surface area contributed by atoms with E-state index in [1.807, 2.05) is 0 Å². The molecular formula is C57H108O5. The summed E-state index contributed by atoms with van der Waals surface area (Å²) >= 11 is 0. The second-order valence-corrected chi connectivity index (χ2v) is 18.8. The van der Waals surface area contributed by atoms with E-state index < -0.39 is 6.10 Å². The third-order valence-corrected chi connectivity index (χ3v) is 12.5. The minimum absolute atomic E-state index is 0.0897. The summed E-state index contributed by atoms with van der Waals surface area (Å²) in [5.74, 6) is -0.385. The lowest BCUT2D eigenvalue weighted by Gasteiger charge is -2.18. The maximum absolute atomic E-state index is 12.8. The van der Waals surface area contributed by atoms with E-state index in [0.717, 1.165) is 32.1 Å². The summed E-state index contributed by atoms with van der Waals surface area (Å²) in [6, 6.07) is 0. The number of hydrogen-bond donors (Lipinski definition) is 0. The van der Waals surface area contributed by atoms with Crippen molar-refractivity contribution >= 4 is 11.9 Å². The molecule has 0 spiro atoms. The van der Waals surface area contributed by atoms with E-state index in [1.54, 1.807) is 0 Å². The fourth-order valence-electron chi connectivity index (χ4n) is 8.27. The van der Waals surface area contributed by atoms with Gasteiger partial charge in [0.2, 0.25) is 0 Å². The molecular weight excluding hydrogens is 765 g/mol. The van der Waals surface area contributed by atoms with Crippen molar-refractivity contribution in [2.45, 2.75) is 309 Å². The zero-order valence-corrected chi connectivity index (χ0v) is 42.2. The molecule has 0 aromatic heterocycles. The van der Waals surface area contributed by atoms with Crippen LogP contribution in [0.1, 0.15) is 303 Å². The topological polar surface area (TPSA) is 61.8 Å². The highest BCUT2D eigenvalue weighted by Crippen LogP contribution is 2.16. The monoisotopic (exact) mass is 873 g/mol. The van der Waals surface area contributed by atoms with Crippen LogP contribution in [0.25, 0.3) is 0 Å². The molecule has 0 heterocycles. The van der Waals surface area contributed by atoms with Crippen molar-refractivity contribution in [1.29, 1.82) is 0 Å². The second kappa shape index (κ2) is 53.7. The lowest BCUT2D eigenvalue weighted by Crippen LogP contribution is -2.30. The number of allylic oxidation sites excluding steroid dienone is 4. The largest absolute Gasteiger partial charge is 0.462 e. The normalized spacial score (nSPS) is 12.2. The number of unbranched alkanes of at least 4 members (excludes halogenated alkanes) is 37. The summed E-state index contributed by atoms with van der Waals surface area (Å²) in [5.41, 5.74) is 0. The fourth-order valence-corrected chi connectivity index (χ4v) is 8.27. The predicted molar refractivity (Wildman–Crippen MR) is 270 cm³/mol. The summed E-state index contributed by atoms with van der Waals surface area (Å²) in [4.78, 5) is 25.4. The van der Waals surface area contributed by atoms with Gasteiger partial charge in [0.05, 0.1) is 6.61 Å². The highest BCUT2D eigenvalue weighted by atomic mass is 16.6. The highest BCUT2D eigenvalue weighted by molar-refractivity contribution is 5.70. The van der Waals surface area contributed by atoms with Crippen LogP contribution < -0.4 is 0 Å². The third-order valence-electron chi connectivity index (χ3n) is 12.5. The molecule has 366 valence electrons. The molecule has 5 heteroatoms. The summed E-state index contributed by atoms with van der Waals surface area (Å²) in [5, 5.41) is 0. The average molecular weight is 873 g/mol. The molecule has 0 saturated heterocycles. The van der Waals surface area contributed by atoms with Crippen molar-refractivity contribution in [2.24, 2.45) is 0 Å². The maximum atomic E-state index is 12.8. The number of hydrogen-bond acceptors (Lipinski definition) is 5. The number of carbonyl (C=O) groups is 2. The molecule has 1 unspecified atom stereocenters. The summed E-state index contributed by atoms with van der Waals surface area (Å²) < 4.78 is 17.4. The number of rotatable bonds is 52. The molecule has 62 heavy (non-hydrogen) atoms. The van der Waals surface area contributed by atoms with Gasteiger partial charge in [-0.25, -0.2) is 0 Å². The number of ether oxygens (including phenoxy) is 3. The molecule has 0 bridgehead atoms. The van der Waals surface area contributed by atoms with Crippen LogP contribution >= 0.6 is 0 Å². The first-order chi connectivity index (χ1) is 30.6. The molecule has 0 rings (SSSR count). The Kier molecular flexibility index (Phi) is 52.3. The summed E-state index contributed by atoms with van der Waals surface area (Å²) in [6.07, 6.45) is 63.4. The van der Waals surface area contributed by atoms with E-state index in [9.17, 15) is 9.59 Å². The van der Waals surface area contributed by atoms with Crippen LogP contribution in [0.2, 0.25) is 0 Å². The van der Waals surface area contributed by atoms with Gasteiger partial charge < -0.3 is 14.2 Å². The highest BCUT2D eigenvalue weighted by Gasteiger charge is 2.17. The average Bonchev–Trinajstić information content (AvgIpc) is 3.27. The minimum Gasteiger partial charge on any atom is -0.462 e. The van der Waals surface area contributed by atoms with Gasteiger partial charge in [0.25, 0.3) is 0 Å². The Bertz CT molecular complexity index is 943. The predicted octanol–water partition coefficient (Wildman–Crippen LogP) is 18.8. The molecule has 0 aliphatic carbocycles. The lowest BCUT2D eigenvalue weighted by atomic mass is 10.1. The third kappa shape index (κ3) is 51.0. The Morgan fingerprint density at radius 1 is 0.339 bits per heavy atom. The van der Waals surface area contributed by atoms with E-state index in [4.69, 9.17) is 14.2 Å². The molecule has 0 aromatic carbocycles. The van der Waals surface area contributed by atoms with Crippen LogP contribution in [-0.2, 0) is 23.8 Å². The Balaban J connectivity index is 4.09. The zero-order chi connectivity index (χ0) is 44.9. The van der Waals surface area contributed by atoms with Crippen LogP contribution in [0.3, 0.4) is 0 Å². The molecule has 1 atom stereocenters. The smallest absolute Gasteiger partial charge is 0.306 e. The van der Waals surface area contributed by atoms with Gasteiger partial charge in [-0.3, -0.25) is 9.59 Å². The summed E-state index contributed by atoms with van der Waals surface area (Å²) in [6.45, 7) is 7.86. The van der Waals surface area contributed by atoms with Crippen LogP contribution in [0.5, 0.6) is 0 Å². The van der Waals surface area contributed by atoms with Gasteiger partial charge in [-0.15, -0.1) is 0 Å². The van der Waals surface area contributed by atoms with Gasteiger partial charge in [0, 0.05) is 19.4 Å². The van der Waals surface area contributed by atoms with Gasteiger partial charge in [0.1, 0.15) is 6.61 Å². The molecule has 0 amide bonds. The van der Waals surface area contributed by atoms with Gasteiger partial charge in [-0.1, -0.05) is 244 Å². The minimum atomic E-state index is -0.530. The first-order valence-corrected chi connectivity index (χ1v) is 27.9. The molecule has 0 N–H and O–H groups in total. The van der Waals surface area contributed by atoms with Crippen LogP contribution in [0, 0.1) is 0 Å². The Labute approximate surface area is 387 Å². The number of carbonyl (C=O) groups excluding carboxylic acids is 2. The van der Waals surface area contributed by atoms with Crippen LogP contribution in [0.4, 0.5) is 0 Å². The molecule has 0 aliphatic heterocycles. The zero-order valence-electron chi connectivity index (χ0n) is 42.2. The Hall–Kier alpha value is -1.62. The van der Waals surface area contributed by atoms with E-state index in [2.05, 4.69) is 45.1 Å². The summed E-state index contributed by atoms with van der Waals surface area (Å²) in [7, 11) is 0. The van der Waals surface area contributed by atoms with Crippen molar-refractivity contribution in [3.05, 3.63) is 24.3 Å². The molecule has 0 saturated carbocycles. The van der Waals surface area contributed by atoms with Gasteiger partial charge in [0.15, 0.2) is 6.10 Å². The fraction of sp³-hybridized carbons (Fsp3) is 0.895. The van der Waals surface area contributed by atoms with Gasteiger partial charge in [-0.2, -0.15) is 0 Å². The quantitative estimate of drug-likeness (QED) is 0.0346. The van der Waals surface area contributed by atoms with Gasteiger partial charge in [-0.05, 0) is 70.6 Å². The van der Waals surface area contributed by atoms with Gasteiger partial charge >= 0.3 is 11.9 Å². The Morgan fingerprint density at radius 2 is 0.629 bits per heavy atom. The van der Waals surface area contributed by atoms with Crippen molar-refractivity contribution in [3.8, 4) is 0 Å². The van der Waals surface area contributed by atoms with E-state index in [-0.39, 0.29) is 18.5 Å². The van der Waals surface area contributed by atoms with Crippen molar-refractivity contribution < 1.29 is 23.8 Å². The maximum Gasteiger partial charge on any atom is 0.306 e. The molecule has 0 aromatic rings. The van der Waals surface area contributed by atoms with Crippen LogP contribution in [-0.4, -0.2) is 37.9 Å². The van der Waals surface area contributed by atoms with E-state index >= 15 is 0 Å². The molecule has 0 aliphatic rings. The van der Waals surface area contributed by atoms with E-state index in [1.165, 1.54) is 238 Å². The lowest BCUT2D eigenvalue weighted by molar-refractivity contribution is -0.163. The first-order valence-electron chi connectivity index (χ1n) is 27.9. The van der Waals surface area contributed by atoms with Crippen molar-refractivity contribution in [2.75, 3.05) is 19.8 Å². The second-order valence-electron chi connectivity index (χ2n) is 18.8.